The van der Waals surface area contributed by atoms with Crippen molar-refractivity contribution in [3.8, 4) is 6.07 Å². The van der Waals surface area contributed by atoms with Gasteiger partial charge in [0.15, 0.2) is 5.16 Å². The second kappa shape index (κ2) is 8.78. The summed E-state index contributed by atoms with van der Waals surface area (Å²) in [4.78, 5) is 18.2. The summed E-state index contributed by atoms with van der Waals surface area (Å²) in [7, 11) is 1.66. The zero-order valence-electron chi connectivity index (χ0n) is 15.9. The minimum Gasteiger partial charge on any atom is -0.385 e. The average Bonchev–Trinajstić information content (AvgIpc) is 3.13. The number of nitrogens with zero attached hydrogens (tertiary/aromatic N) is 3. The molecule has 0 saturated carbocycles. The smallest absolute Gasteiger partial charge is 0.272 e. The van der Waals surface area contributed by atoms with Crippen molar-refractivity contribution in [2.75, 3.05) is 13.7 Å². The number of hydrogen-bond acceptors (Lipinski definition) is 6. The topological polar surface area (TPSA) is 67.9 Å². The van der Waals surface area contributed by atoms with Gasteiger partial charge in [0.05, 0.1) is 17.1 Å². The van der Waals surface area contributed by atoms with Gasteiger partial charge < -0.3 is 4.74 Å². The Labute approximate surface area is 176 Å². The molecular weight excluding hydrogens is 402 g/mol. The number of nitriles is 1. The molecule has 0 fully saturated rings. The van der Waals surface area contributed by atoms with Crippen LogP contribution in [0.15, 0.2) is 58.5 Å². The van der Waals surface area contributed by atoms with Crippen LogP contribution in [0.2, 0.25) is 0 Å². The van der Waals surface area contributed by atoms with Crippen LogP contribution in [0, 0.1) is 11.3 Å². The Hall–Kier alpha value is -2.66. The molecule has 0 N–H and O–H groups in total. The lowest BCUT2D eigenvalue weighted by Crippen LogP contribution is -2.23. The van der Waals surface area contributed by atoms with Gasteiger partial charge in [-0.05, 0) is 24.1 Å². The van der Waals surface area contributed by atoms with E-state index >= 15 is 0 Å². The van der Waals surface area contributed by atoms with Gasteiger partial charge in [-0.2, -0.15) is 5.26 Å². The summed E-state index contributed by atoms with van der Waals surface area (Å²) >= 11 is 2.98. The van der Waals surface area contributed by atoms with Crippen LogP contribution in [0.25, 0.3) is 20.3 Å². The second-order valence-electron chi connectivity index (χ2n) is 6.53. The van der Waals surface area contributed by atoms with Gasteiger partial charge in [-0.1, -0.05) is 48.2 Å². The zero-order valence-corrected chi connectivity index (χ0v) is 17.6. The second-order valence-corrected chi connectivity index (χ2v) is 8.53. The van der Waals surface area contributed by atoms with Gasteiger partial charge in [-0.3, -0.25) is 9.36 Å². The lowest BCUT2D eigenvalue weighted by molar-refractivity contribution is 0.189. The third kappa shape index (κ3) is 3.92. The van der Waals surface area contributed by atoms with E-state index < -0.39 is 0 Å². The molecule has 0 bridgehead atoms. The molecule has 146 valence electrons. The van der Waals surface area contributed by atoms with Crippen molar-refractivity contribution in [3.05, 3.63) is 70.0 Å². The van der Waals surface area contributed by atoms with Crippen LogP contribution < -0.4 is 5.56 Å². The molecule has 0 atom stereocenters. The first-order chi connectivity index (χ1) is 14.2. The fourth-order valence-electron chi connectivity index (χ4n) is 3.23. The van der Waals surface area contributed by atoms with Crippen LogP contribution in [-0.2, 0) is 17.0 Å². The molecule has 2 aromatic heterocycles. The number of aromatic nitrogens is 2. The van der Waals surface area contributed by atoms with Crippen LogP contribution in [0.3, 0.4) is 0 Å². The first-order valence-electron chi connectivity index (χ1n) is 9.24. The van der Waals surface area contributed by atoms with Gasteiger partial charge >= 0.3 is 0 Å². The van der Waals surface area contributed by atoms with E-state index in [1.54, 1.807) is 11.7 Å². The fraction of sp³-hybridized carbons (Fsp3) is 0.227. The van der Waals surface area contributed by atoms with Crippen molar-refractivity contribution in [2.45, 2.75) is 23.9 Å². The minimum absolute atomic E-state index is 0.0108. The molecule has 0 unspecified atom stereocenters. The highest BCUT2D eigenvalue weighted by molar-refractivity contribution is 7.98. The average molecular weight is 422 g/mol. The summed E-state index contributed by atoms with van der Waals surface area (Å²) in [6, 6.07) is 17.7. The fourth-order valence-corrected chi connectivity index (χ4v) is 5.34. The SMILES string of the molecule is COCCCn1c(SCc2ccccc2C#N)nc2c(sc3ccccc32)c1=O. The Morgan fingerprint density at radius 3 is 2.83 bits per heavy atom. The Kier molecular flexibility index (Phi) is 5.95. The third-order valence-electron chi connectivity index (χ3n) is 4.67. The largest absolute Gasteiger partial charge is 0.385 e. The molecule has 0 aliphatic heterocycles. The molecule has 0 aliphatic rings. The molecule has 2 heterocycles. The van der Waals surface area contributed by atoms with Crippen LogP contribution >= 0.6 is 23.1 Å². The van der Waals surface area contributed by atoms with Crippen molar-refractivity contribution >= 4 is 43.4 Å². The van der Waals surface area contributed by atoms with Crippen molar-refractivity contribution in [3.63, 3.8) is 0 Å². The quantitative estimate of drug-likeness (QED) is 0.243. The third-order valence-corrected chi connectivity index (χ3v) is 6.85. The van der Waals surface area contributed by atoms with E-state index in [-0.39, 0.29) is 5.56 Å². The molecule has 0 aliphatic carbocycles. The van der Waals surface area contributed by atoms with Gasteiger partial charge in [0, 0.05) is 36.1 Å². The lowest BCUT2D eigenvalue weighted by atomic mass is 10.1. The van der Waals surface area contributed by atoms with E-state index in [9.17, 15) is 10.1 Å². The Morgan fingerprint density at radius 1 is 1.21 bits per heavy atom. The van der Waals surface area contributed by atoms with Crippen LogP contribution in [0.5, 0.6) is 0 Å². The molecule has 4 aromatic rings. The maximum absolute atomic E-state index is 13.3. The molecule has 0 spiro atoms. The molecule has 29 heavy (non-hydrogen) atoms. The Balaban J connectivity index is 1.79. The van der Waals surface area contributed by atoms with Gasteiger partial charge in [0.1, 0.15) is 4.70 Å². The molecule has 0 radical (unpaired) electrons. The maximum atomic E-state index is 13.3. The highest BCUT2D eigenvalue weighted by atomic mass is 32.2. The summed E-state index contributed by atoms with van der Waals surface area (Å²) in [5.74, 6) is 0.577. The van der Waals surface area contributed by atoms with E-state index in [0.717, 1.165) is 27.6 Å². The predicted molar refractivity (Wildman–Crippen MR) is 119 cm³/mol. The monoisotopic (exact) mass is 421 g/mol. The number of benzene rings is 2. The maximum Gasteiger partial charge on any atom is 0.272 e. The van der Waals surface area contributed by atoms with Crippen LogP contribution in [0.4, 0.5) is 0 Å². The molecule has 7 heteroatoms. The standard InChI is InChI=1S/C22H19N3O2S2/c1-27-12-6-11-25-21(26)20-19(17-9-4-5-10-18(17)29-20)24-22(25)28-14-16-8-3-2-7-15(16)13-23/h2-5,7-10H,6,11-12,14H2,1H3. The number of rotatable bonds is 7. The number of methoxy groups -OCH3 is 1. The summed E-state index contributed by atoms with van der Waals surface area (Å²) in [5.41, 5.74) is 2.33. The van der Waals surface area contributed by atoms with E-state index in [1.807, 2.05) is 48.5 Å². The number of fused-ring (bicyclic) bond motifs is 3. The van der Waals surface area contributed by atoms with E-state index in [4.69, 9.17) is 9.72 Å². The van der Waals surface area contributed by atoms with Gasteiger partial charge in [0.25, 0.3) is 5.56 Å². The minimum atomic E-state index is -0.0108. The van der Waals surface area contributed by atoms with Gasteiger partial charge in [-0.25, -0.2) is 4.98 Å². The highest BCUT2D eigenvalue weighted by Gasteiger charge is 2.16. The van der Waals surface area contributed by atoms with Crippen LogP contribution in [-0.4, -0.2) is 23.3 Å². The van der Waals surface area contributed by atoms with Crippen molar-refractivity contribution in [1.29, 1.82) is 5.26 Å². The number of thioether (sulfide) groups is 1. The van der Waals surface area contributed by atoms with Gasteiger partial charge in [0.2, 0.25) is 0 Å². The van der Waals surface area contributed by atoms with E-state index in [2.05, 4.69) is 6.07 Å². The van der Waals surface area contributed by atoms with Crippen molar-refractivity contribution < 1.29 is 4.74 Å². The number of ether oxygens (including phenoxy) is 1. The van der Waals surface area contributed by atoms with Crippen molar-refractivity contribution in [2.24, 2.45) is 0 Å². The molecule has 4 rings (SSSR count). The summed E-state index contributed by atoms with van der Waals surface area (Å²) in [5, 5.41) is 11.0. The highest BCUT2D eigenvalue weighted by Crippen LogP contribution is 2.32. The molecule has 0 saturated heterocycles. The molecule has 5 nitrogen and oxygen atoms in total. The Morgan fingerprint density at radius 2 is 2.00 bits per heavy atom. The van der Waals surface area contributed by atoms with E-state index in [1.165, 1.54) is 23.1 Å². The predicted octanol–water partition coefficient (Wildman–Crippen LogP) is 4.81. The first kappa shape index (κ1) is 19.6. The Bertz CT molecular complexity index is 1270. The molecule has 0 amide bonds. The molecule has 2 aromatic carbocycles. The number of thiophene rings is 1. The summed E-state index contributed by atoms with van der Waals surface area (Å²) in [6.45, 7) is 1.13. The number of hydrogen-bond donors (Lipinski definition) is 0. The van der Waals surface area contributed by atoms with Gasteiger partial charge in [-0.15, -0.1) is 11.3 Å². The van der Waals surface area contributed by atoms with Crippen LogP contribution in [0.1, 0.15) is 17.5 Å². The summed E-state index contributed by atoms with van der Waals surface area (Å²) in [6.07, 6.45) is 0.733. The van der Waals surface area contributed by atoms with E-state index in [0.29, 0.717) is 34.3 Å². The zero-order chi connectivity index (χ0) is 20.2. The normalized spacial score (nSPS) is 11.2. The molecular formula is C22H19N3O2S2. The summed E-state index contributed by atoms with van der Waals surface area (Å²) < 4.78 is 8.66. The van der Waals surface area contributed by atoms with Crippen molar-refractivity contribution in [1.82, 2.24) is 9.55 Å². The lowest BCUT2D eigenvalue weighted by Gasteiger charge is -2.12. The first-order valence-corrected chi connectivity index (χ1v) is 11.0.